The zero-order valence-corrected chi connectivity index (χ0v) is 55.0. The second-order valence-corrected chi connectivity index (χ2v) is 29.6. The second-order valence-electron chi connectivity index (χ2n) is 29.6. The number of hydrogen-bond acceptors (Lipinski definition) is 31. The second kappa shape index (κ2) is 29.7. The summed E-state index contributed by atoms with van der Waals surface area (Å²) in [6.45, 7) is 11.3. The van der Waals surface area contributed by atoms with Gasteiger partial charge in [0.1, 0.15) is 128 Å². The first-order valence-corrected chi connectivity index (χ1v) is 34.1. The van der Waals surface area contributed by atoms with Crippen LogP contribution in [0.2, 0.25) is 0 Å². The molecule has 7 heterocycles. The van der Waals surface area contributed by atoms with Gasteiger partial charge >= 0.3 is 0 Å². The summed E-state index contributed by atoms with van der Waals surface area (Å²) in [5, 5.41) is 184. The fraction of sp³-hybridized carbons (Fsp3) is 0.969. The lowest BCUT2D eigenvalue weighted by Crippen LogP contribution is -2.67. The largest absolute Gasteiger partial charge is 0.394 e. The summed E-state index contributed by atoms with van der Waals surface area (Å²) < 4.78 is 85.8. The molecule has 0 bridgehead atoms. The van der Waals surface area contributed by atoms with E-state index in [1.807, 2.05) is 6.92 Å². The Labute approximate surface area is 551 Å². The monoisotopic (exact) mass is 1370 g/mol. The van der Waals surface area contributed by atoms with Crippen molar-refractivity contribution in [1.29, 1.82) is 0 Å². The van der Waals surface area contributed by atoms with Gasteiger partial charge in [0.2, 0.25) is 0 Å². The van der Waals surface area contributed by atoms with Crippen molar-refractivity contribution in [3.8, 4) is 0 Å². The molecule has 7 aliphatic heterocycles. The highest BCUT2D eigenvalue weighted by molar-refractivity contribution is 5.26. The van der Waals surface area contributed by atoms with Crippen LogP contribution in [0.25, 0.3) is 0 Å². The van der Waals surface area contributed by atoms with E-state index in [4.69, 9.17) is 66.3 Å². The lowest BCUT2D eigenvalue weighted by Gasteiger charge is -2.58. The molecule has 41 atom stereocenters. The molecule has 7 unspecified atom stereocenters. The smallest absolute Gasteiger partial charge is 0.187 e. The summed E-state index contributed by atoms with van der Waals surface area (Å²) in [6.07, 6.45) is -39.4. The molecule has 0 aromatic carbocycles. The maximum absolute atomic E-state index is 12.5. The van der Waals surface area contributed by atoms with Crippen LogP contribution >= 0.6 is 0 Å². The van der Waals surface area contributed by atoms with Crippen molar-refractivity contribution in [3.63, 3.8) is 0 Å². The number of ether oxygens (including phenoxy) is 14. The van der Waals surface area contributed by atoms with Crippen LogP contribution < -0.4 is 0 Å². The van der Waals surface area contributed by atoms with E-state index in [0.29, 0.717) is 43.4 Å². The van der Waals surface area contributed by atoms with Crippen LogP contribution in [-0.4, -0.2) is 323 Å². The molecule has 0 aromatic rings. The van der Waals surface area contributed by atoms with Gasteiger partial charge in [-0.2, -0.15) is 0 Å². The van der Waals surface area contributed by atoms with E-state index >= 15 is 0 Å². The van der Waals surface area contributed by atoms with Crippen LogP contribution in [0.15, 0.2) is 11.6 Å². The van der Waals surface area contributed by atoms with E-state index in [1.165, 1.54) is 26.3 Å². The van der Waals surface area contributed by atoms with Crippen molar-refractivity contribution in [3.05, 3.63) is 11.6 Å². The number of aliphatic hydroxyl groups excluding tert-OH is 17. The Morgan fingerprint density at radius 3 is 1.62 bits per heavy atom. The fourth-order valence-corrected chi connectivity index (χ4v) is 18.2. The third kappa shape index (κ3) is 13.8. The Hall–Kier alpha value is -1.50. The summed E-state index contributed by atoms with van der Waals surface area (Å²) in [6, 6.07) is 0. The minimum absolute atomic E-state index is 0.0244. The Balaban J connectivity index is 0.742. The molecule has 548 valence electrons. The van der Waals surface area contributed by atoms with Gasteiger partial charge in [0, 0.05) is 19.4 Å². The molecule has 31 nitrogen and oxygen atoms in total. The maximum Gasteiger partial charge on any atom is 0.187 e. The molecule has 11 rings (SSSR count). The summed E-state index contributed by atoms with van der Waals surface area (Å²) >= 11 is 0. The first-order valence-electron chi connectivity index (χ1n) is 34.1. The van der Waals surface area contributed by atoms with Crippen LogP contribution in [0, 0.1) is 46.3 Å². The molecule has 0 spiro atoms. The molecule has 31 heteroatoms. The molecule has 17 N–H and O–H groups in total. The van der Waals surface area contributed by atoms with Gasteiger partial charge < -0.3 is 153 Å². The average Bonchev–Trinajstić information content (AvgIpc) is 1.56. The molecular weight excluding hydrogens is 1260 g/mol. The normalized spacial score (nSPS) is 55.2. The number of fused-ring (bicyclic) bond motifs is 7. The first-order chi connectivity index (χ1) is 44.9. The highest BCUT2D eigenvalue weighted by Gasteiger charge is 2.69. The van der Waals surface area contributed by atoms with Gasteiger partial charge in [-0.1, -0.05) is 39.3 Å². The third-order valence-electron chi connectivity index (χ3n) is 24.0. The minimum atomic E-state index is -2.01. The van der Waals surface area contributed by atoms with Crippen molar-refractivity contribution in [2.24, 2.45) is 46.3 Å². The van der Waals surface area contributed by atoms with E-state index in [2.05, 4.69) is 26.8 Å². The molecular formula is C64H106O31. The number of aliphatic hydroxyl groups is 17. The molecule has 10 fully saturated rings. The molecule has 4 aliphatic carbocycles. The molecule has 7 saturated heterocycles. The van der Waals surface area contributed by atoms with E-state index in [0.717, 1.165) is 32.1 Å². The van der Waals surface area contributed by atoms with Gasteiger partial charge in [0.05, 0.1) is 56.9 Å². The minimum Gasteiger partial charge on any atom is -0.394 e. The SMILES string of the molecule is COC1(CC[C@@H](C)CO[C@@H]2O[C@H](CO)[C@@H](O)[C@H](O)[C@H]2O)OC2CC3C4CC=C5CC(O[C@@H]6O[C@H](CO)[C@@H](O[C@@H]7O[C@@H](C)[C@H](O[C@@H]8O[C@@H](C)[C@H](O)[C@@H](O)[C@H]8O[C@@H]8O[C@H](CO)[C@@H](O)[C@H](O)[C@H]8O)[C@@H](O)[C@H]7O)[C@H](O)[C@H]6O[C@@H]6O[C@@H](C)[C@H](O)[C@@H](O)[C@H]6O)CC[C@]5(C)C4CC[C@]3(C)C2[C@@H]1C. The molecule has 3 saturated carbocycles. The number of rotatable bonds is 20. The van der Waals surface area contributed by atoms with Crippen molar-refractivity contribution in [1.82, 2.24) is 0 Å². The van der Waals surface area contributed by atoms with Gasteiger partial charge in [-0.3, -0.25) is 0 Å². The zero-order valence-electron chi connectivity index (χ0n) is 55.0. The van der Waals surface area contributed by atoms with E-state index < -0.39 is 216 Å². The predicted molar refractivity (Wildman–Crippen MR) is 317 cm³/mol. The van der Waals surface area contributed by atoms with E-state index in [1.54, 1.807) is 7.11 Å². The lowest BCUT2D eigenvalue weighted by molar-refractivity contribution is -0.399. The van der Waals surface area contributed by atoms with Gasteiger partial charge in [-0.15, -0.1) is 0 Å². The molecule has 0 amide bonds. The van der Waals surface area contributed by atoms with Crippen LogP contribution in [-0.2, 0) is 66.3 Å². The number of methoxy groups -OCH3 is 1. The Kier molecular flexibility index (Phi) is 23.3. The average molecular weight is 1370 g/mol. The molecule has 0 aromatic heterocycles. The van der Waals surface area contributed by atoms with E-state index in [-0.39, 0.29) is 41.3 Å². The maximum atomic E-state index is 12.5. The fourth-order valence-electron chi connectivity index (χ4n) is 18.2. The van der Waals surface area contributed by atoms with Crippen molar-refractivity contribution in [2.75, 3.05) is 33.5 Å². The van der Waals surface area contributed by atoms with Crippen LogP contribution in [0.3, 0.4) is 0 Å². The molecule has 95 heavy (non-hydrogen) atoms. The Bertz CT molecular complexity index is 2540. The summed E-state index contributed by atoms with van der Waals surface area (Å²) in [4.78, 5) is 0. The predicted octanol–water partition coefficient (Wildman–Crippen LogP) is -4.65. The van der Waals surface area contributed by atoms with Crippen LogP contribution in [0.1, 0.15) is 106 Å². The topological polar surface area (TPSA) is 473 Å². The standard InChI is InChI=1S/C64H106O31/c1-23(22-83-56-47(77)43(73)40(70)34(19-65)88-56)11-16-64(82-8)24(2)37-33(95-64)18-32-30-10-9-28-17-29(12-14-62(28,6)31(30)13-15-63(32,37)7)87-61-55(94-57-48(78)42(72)38(68)25(3)84-57)51(81)53(36(21-67)90-61)92-58-50(80)46(76)52(27(5)86-58)91-60-54(45(75)39(69)26(4)85-60)93-59-49(79)44(74)41(71)35(20-66)89-59/h9,23-27,29-61,65-81H,10-22H2,1-8H3/t23-,24+,25+,26+,27+,29?,30?,31?,32?,33?,34-,35-,36-,37?,38+,39+,40-,41-,42-,43+,44+,45-,46+,47-,48-,49-,50-,51+,52+,53-,54-,55-,56-,57+,58+,59+,60+,61-,62+,63+,64?/m1/s1. The first kappa shape index (κ1) is 74.7. The third-order valence-corrected chi connectivity index (χ3v) is 24.0. The van der Waals surface area contributed by atoms with Crippen molar-refractivity contribution >= 4 is 0 Å². The van der Waals surface area contributed by atoms with Crippen molar-refractivity contribution in [2.45, 2.75) is 308 Å². The highest BCUT2D eigenvalue weighted by Crippen LogP contribution is 2.70. The summed E-state index contributed by atoms with van der Waals surface area (Å²) in [5.41, 5.74) is 0.999. The highest BCUT2D eigenvalue weighted by atomic mass is 16.8. The molecule has 11 aliphatic rings. The Morgan fingerprint density at radius 2 is 1.00 bits per heavy atom. The van der Waals surface area contributed by atoms with Gasteiger partial charge in [-0.05, 0) is 113 Å². The van der Waals surface area contributed by atoms with Crippen LogP contribution in [0.5, 0.6) is 0 Å². The number of hydrogen-bond donors (Lipinski definition) is 17. The van der Waals surface area contributed by atoms with E-state index in [9.17, 15) is 86.8 Å². The summed E-state index contributed by atoms with van der Waals surface area (Å²) in [5.74, 6) is 0.530. The number of allylic oxidation sites excluding steroid dienone is 1. The van der Waals surface area contributed by atoms with Crippen LogP contribution in [0.4, 0.5) is 0 Å². The zero-order chi connectivity index (χ0) is 68.8. The lowest BCUT2D eigenvalue weighted by atomic mass is 9.47. The Morgan fingerprint density at radius 1 is 0.505 bits per heavy atom. The van der Waals surface area contributed by atoms with Gasteiger partial charge in [0.25, 0.3) is 0 Å². The molecule has 0 radical (unpaired) electrons. The summed E-state index contributed by atoms with van der Waals surface area (Å²) in [7, 11) is 1.70. The van der Waals surface area contributed by atoms with Gasteiger partial charge in [0.15, 0.2) is 43.5 Å². The van der Waals surface area contributed by atoms with Crippen molar-refractivity contribution < 1.29 is 153 Å². The van der Waals surface area contributed by atoms with Gasteiger partial charge in [-0.25, -0.2) is 0 Å². The quantitative estimate of drug-likeness (QED) is 0.0510.